The minimum absolute atomic E-state index is 0. The summed E-state index contributed by atoms with van der Waals surface area (Å²) in [6, 6.07) is -0.159. The molecule has 2 aliphatic rings. The summed E-state index contributed by atoms with van der Waals surface area (Å²) in [4.78, 5) is 35.4. The number of carbonyl (C=O) groups is 1. The number of hydrogen-bond acceptors (Lipinski definition) is 7. The van der Waals surface area contributed by atoms with E-state index in [2.05, 4.69) is 31.1 Å². The zero-order chi connectivity index (χ0) is 26.7. The number of anilines is 1. The fourth-order valence-corrected chi connectivity index (χ4v) is 3.92. The molecule has 206 valence electrons. The van der Waals surface area contributed by atoms with Crippen molar-refractivity contribution >= 4 is 18.0 Å². The molecule has 1 aromatic heterocycles. The first-order valence-corrected chi connectivity index (χ1v) is 12.9. The van der Waals surface area contributed by atoms with Gasteiger partial charge in [0.25, 0.3) is 5.91 Å². The quantitative estimate of drug-likeness (QED) is 0.181. The molecule has 10 heteroatoms. The fourth-order valence-electron chi connectivity index (χ4n) is 3.92. The van der Waals surface area contributed by atoms with Crippen LogP contribution in [0.25, 0.3) is 0 Å². The van der Waals surface area contributed by atoms with E-state index in [4.69, 9.17) is 14.5 Å². The Morgan fingerprint density at radius 1 is 1.32 bits per heavy atom. The molecule has 1 heterocycles. The molecule has 8 nitrogen and oxygen atoms in total. The summed E-state index contributed by atoms with van der Waals surface area (Å²) in [5, 5.41) is 3.44. The summed E-state index contributed by atoms with van der Waals surface area (Å²) in [6.45, 7) is 19.3. The molecule has 0 radical (unpaired) electrons. The maximum atomic E-state index is 13.5. The van der Waals surface area contributed by atoms with E-state index in [1.165, 1.54) is 0 Å². The van der Waals surface area contributed by atoms with Gasteiger partial charge in [-0.15, -0.1) is 6.42 Å². The third-order valence-electron chi connectivity index (χ3n) is 6.16. The second-order valence-corrected chi connectivity index (χ2v) is 9.97. The summed E-state index contributed by atoms with van der Waals surface area (Å²) in [7, 11) is 1.72. The van der Waals surface area contributed by atoms with Gasteiger partial charge in [0.15, 0.2) is 0 Å². The molecular weight excluding hydrogens is 470 g/mol. The molecule has 1 amide bonds. The number of amides is 1. The van der Waals surface area contributed by atoms with Crippen LogP contribution in [0.2, 0.25) is 0 Å². The summed E-state index contributed by atoms with van der Waals surface area (Å²) in [5.74, 6) is 1.33. The molecule has 0 aliphatic heterocycles. The molecule has 0 unspecified atom stereocenters. The third-order valence-corrected chi connectivity index (χ3v) is 6.16. The minimum Gasteiger partial charge on any atom is -1.00 e. The largest absolute Gasteiger partial charge is 1.00 e. The van der Waals surface area contributed by atoms with Gasteiger partial charge in [-0.3, -0.25) is 17.0 Å². The molecule has 2 aliphatic carbocycles. The van der Waals surface area contributed by atoms with Crippen molar-refractivity contribution < 1.29 is 58.2 Å². The first kappa shape index (κ1) is 37.1. The zero-order valence-electron chi connectivity index (χ0n) is 25.4. The smallest absolute Gasteiger partial charge is 1.00 e. The van der Waals surface area contributed by atoms with E-state index >= 15 is 0 Å². The van der Waals surface area contributed by atoms with Crippen LogP contribution in [0.3, 0.4) is 0 Å². The topological polar surface area (TPSA) is 93.7 Å². The van der Waals surface area contributed by atoms with Crippen LogP contribution >= 0.6 is 0 Å². The SMILES string of the molecule is [CH2-]COC[CH-]C.[CH2-][C@H]([C-]=O)C[C@@H]([CH2-])N(CC(C)C)C(=O)c1cnc(C2CC2)nc1NC1CC(OC)C1.[H-].[Li+].[Li+]. The molecule has 0 bridgehead atoms. The predicted molar refractivity (Wildman–Crippen MR) is 143 cm³/mol. The molecular formula is C28H44Li2N4O4-4. The number of carbonyl (C=O) groups excluding carboxylic acids is 2. The van der Waals surface area contributed by atoms with E-state index in [1.54, 1.807) is 18.2 Å². The van der Waals surface area contributed by atoms with E-state index in [0.717, 1.165) is 38.1 Å². The van der Waals surface area contributed by atoms with Gasteiger partial charge in [-0.2, -0.15) is 6.92 Å². The molecule has 2 fully saturated rings. The Bertz CT molecular complexity index is 823. The van der Waals surface area contributed by atoms with Gasteiger partial charge in [0.2, 0.25) is 0 Å². The van der Waals surface area contributed by atoms with Crippen molar-refractivity contribution in [2.24, 2.45) is 11.8 Å². The number of ether oxygens (including phenoxy) is 2. The molecule has 0 spiro atoms. The molecule has 0 aromatic carbocycles. The van der Waals surface area contributed by atoms with Crippen LogP contribution < -0.4 is 43.0 Å². The van der Waals surface area contributed by atoms with Crippen LogP contribution in [0, 0.1) is 39.0 Å². The molecule has 1 N–H and O–H groups in total. The Morgan fingerprint density at radius 2 is 1.97 bits per heavy atom. The Balaban J connectivity index is 0. The van der Waals surface area contributed by atoms with Gasteiger partial charge in [-0.25, -0.2) is 9.97 Å². The van der Waals surface area contributed by atoms with Gasteiger partial charge in [0.1, 0.15) is 17.2 Å². The monoisotopic (exact) mass is 514 g/mol. The average Bonchev–Trinajstić information content (AvgIpc) is 3.68. The van der Waals surface area contributed by atoms with Crippen LogP contribution in [0.1, 0.15) is 76.4 Å². The second-order valence-electron chi connectivity index (χ2n) is 9.97. The summed E-state index contributed by atoms with van der Waals surface area (Å²) < 4.78 is 10.2. The van der Waals surface area contributed by atoms with Crippen molar-refractivity contribution in [1.29, 1.82) is 0 Å². The van der Waals surface area contributed by atoms with Gasteiger partial charge in [0.05, 0.1) is 6.10 Å². The number of nitrogens with zero attached hydrogens (tertiary/aromatic N) is 3. The average molecular weight is 515 g/mol. The molecule has 3 rings (SSSR count). The predicted octanol–water partition coefficient (Wildman–Crippen LogP) is -1.62. The molecule has 2 atom stereocenters. The summed E-state index contributed by atoms with van der Waals surface area (Å²) >= 11 is 0. The van der Waals surface area contributed by atoms with Crippen LogP contribution in [0.5, 0.6) is 0 Å². The number of aromatic nitrogens is 2. The van der Waals surface area contributed by atoms with Gasteiger partial charge in [-0.1, -0.05) is 33.1 Å². The van der Waals surface area contributed by atoms with Crippen LogP contribution in [-0.4, -0.2) is 72.1 Å². The number of methoxy groups -OCH3 is 1. The maximum absolute atomic E-state index is 13.5. The van der Waals surface area contributed by atoms with Gasteiger partial charge < -0.3 is 53.1 Å². The molecule has 1 aromatic rings. The van der Waals surface area contributed by atoms with Crippen LogP contribution in [0.15, 0.2) is 6.20 Å². The molecule has 38 heavy (non-hydrogen) atoms. The maximum Gasteiger partial charge on any atom is 1.00 e. The van der Waals surface area contributed by atoms with Crippen LogP contribution in [-0.2, 0) is 14.3 Å². The van der Waals surface area contributed by atoms with Crippen molar-refractivity contribution in [2.45, 2.75) is 77.0 Å². The molecule has 2 saturated carbocycles. The summed E-state index contributed by atoms with van der Waals surface area (Å²) in [5.41, 5.74) is 0.449. The summed E-state index contributed by atoms with van der Waals surface area (Å²) in [6.07, 6.45) is 10.1. The van der Waals surface area contributed by atoms with Gasteiger partial charge >= 0.3 is 37.7 Å². The number of nitrogens with one attached hydrogen (secondary N) is 1. The van der Waals surface area contributed by atoms with Crippen LogP contribution in [0.4, 0.5) is 5.82 Å². The minimum atomic E-state index is -0.526. The van der Waals surface area contributed by atoms with Crippen molar-refractivity contribution in [3.8, 4) is 0 Å². The van der Waals surface area contributed by atoms with E-state index in [1.807, 2.05) is 33.5 Å². The van der Waals surface area contributed by atoms with Crippen molar-refractivity contribution in [2.75, 3.05) is 32.2 Å². The van der Waals surface area contributed by atoms with Gasteiger partial charge in [-0.05, 0) is 31.6 Å². The Kier molecular flexibility index (Phi) is 18.8. The normalized spacial score (nSPS) is 19.5. The Hall–Kier alpha value is -0.865. The van der Waals surface area contributed by atoms with E-state index < -0.39 is 5.92 Å². The number of hydrogen-bond donors (Lipinski definition) is 1. The van der Waals surface area contributed by atoms with Crippen molar-refractivity contribution in [3.63, 3.8) is 0 Å². The standard InChI is InChI=1S/C23H33N4O3.C5H10O.2Li.H/c1-14(2)12-27(16(4)8-15(3)13-28)23(29)20-11-24-21(17-6-7-17)26-22(20)25-18-9-19(10-18)30-5;1-3-5-6-4-2;;;/h11,14-19H,3-4,6-10,12H2,1-2,5H3,(H,24,25,26);3H,2,4-5H2,1H3;;;/q-3;-2;2*+1;-1/t15-,16+,18?,19?;;;;/m0..../s1. The first-order chi connectivity index (χ1) is 17.2. The fraction of sp³-hybridized carbons (Fsp3) is 0.643. The zero-order valence-corrected chi connectivity index (χ0v) is 24.4. The third kappa shape index (κ3) is 12.1. The molecule has 0 saturated heterocycles. The first-order valence-electron chi connectivity index (χ1n) is 12.9. The van der Waals surface area contributed by atoms with E-state index in [9.17, 15) is 9.59 Å². The second kappa shape index (κ2) is 19.3. The Labute approximate surface area is 256 Å². The Morgan fingerprint density at radius 3 is 2.45 bits per heavy atom. The van der Waals surface area contributed by atoms with Gasteiger partial charge in [0, 0.05) is 31.8 Å². The van der Waals surface area contributed by atoms with E-state index in [0.29, 0.717) is 36.9 Å². The van der Waals surface area contributed by atoms with E-state index in [-0.39, 0.29) is 69.2 Å². The van der Waals surface area contributed by atoms with Crippen molar-refractivity contribution in [1.82, 2.24) is 14.9 Å². The number of rotatable bonds is 14. The van der Waals surface area contributed by atoms with Crippen molar-refractivity contribution in [3.05, 3.63) is 44.8 Å².